The second kappa shape index (κ2) is 5.94. The molecule has 1 saturated heterocycles. The van der Waals surface area contributed by atoms with Crippen molar-refractivity contribution in [2.75, 3.05) is 11.5 Å². The van der Waals surface area contributed by atoms with Crippen LogP contribution in [0.1, 0.15) is 38.5 Å². The summed E-state index contributed by atoms with van der Waals surface area (Å²) in [7, 11) is 0. The molecule has 0 atom stereocenters. The fourth-order valence-corrected chi connectivity index (χ4v) is 3.76. The summed E-state index contributed by atoms with van der Waals surface area (Å²) in [5, 5.41) is 7.78. The maximum absolute atomic E-state index is 5.34. The van der Waals surface area contributed by atoms with Crippen LogP contribution in [0.3, 0.4) is 0 Å². The van der Waals surface area contributed by atoms with Crippen molar-refractivity contribution in [3.8, 4) is 0 Å². The predicted octanol–water partition coefficient (Wildman–Crippen LogP) is 2.29. The zero-order valence-corrected chi connectivity index (χ0v) is 10.8. The van der Waals surface area contributed by atoms with E-state index in [9.17, 15) is 0 Å². The van der Waals surface area contributed by atoms with Crippen LogP contribution in [0.15, 0.2) is 0 Å². The molecule has 2 aliphatic rings. The van der Waals surface area contributed by atoms with E-state index in [0.717, 1.165) is 5.11 Å². The third-order valence-electron chi connectivity index (χ3n) is 3.25. The van der Waals surface area contributed by atoms with E-state index >= 15 is 0 Å². The quantitative estimate of drug-likeness (QED) is 0.728. The lowest BCUT2D eigenvalue weighted by Crippen LogP contribution is -2.46. The Morgan fingerprint density at radius 3 is 2.07 bits per heavy atom. The molecule has 2 nitrogen and oxygen atoms in total. The minimum absolute atomic E-state index is 0.618. The zero-order chi connectivity index (χ0) is 10.5. The number of hydrogen-bond donors (Lipinski definition) is 2. The average Bonchev–Trinajstić information content (AvgIpc) is 2.71. The van der Waals surface area contributed by atoms with Crippen molar-refractivity contribution in [2.45, 2.75) is 50.6 Å². The van der Waals surface area contributed by atoms with Crippen molar-refractivity contribution in [3.05, 3.63) is 0 Å². The van der Waals surface area contributed by atoms with Gasteiger partial charge in [0, 0.05) is 12.1 Å². The predicted molar refractivity (Wildman–Crippen MR) is 71.5 cm³/mol. The number of hydrogen-bond acceptors (Lipinski definition) is 2. The Morgan fingerprint density at radius 1 is 0.933 bits per heavy atom. The van der Waals surface area contributed by atoms with Crippen LogP contribution >= 0.6 is 24.0 Å². The van der Waals surface area contributed by atoms with Crippen LogP contribution in [0, 0.1) is 0 Å². The second-order valence-electron chi connectivity index (χ2n) is 4.49. The molecule has 2 rings (SSSR count). The van der Waals surface area contributed by atoms with E-state index < -0.39 is 0 Å². The van der Waals surface area contributed by atoms with Crippen molar-refractivity contribution >= 4 is 29.1 Å². The van der Waals surface area contributed by atoms with Crippen LogP contribution in [-0.2, 0) is 0 Å². The molecule has 1 heterocycles. The van der Waals surface area contributed by atoms with Gasteiger partial charge in [0.2, 0.25) is 0 Å². The van der Waals surface area contributed by atoms with Gasteiger partial charge < -0.3 is 10.6 Å². The summed E-state index contributed by atoms with van der Waals surface area (Å²) >= 11 is 7.40. The molecule has 1 saturated carbocycles. The Kier molecular flexibility index (Phi) is 4.57. The number of rotatable bonds is 2. The lowest BCUT2D eigenvalue weighted by Gasteiger charge is -2.25. The highest BCUT2D eigenvalue weighted by Crippen LogP contribution is 2.18. The molecule has 0 aromatic heterocycles. The van der Waals surface area contributed by atoms with E-state index in [4.69, 9.17) is 12.2 Å². The van der Waals surface area contributed by atoms with Gasteiger partial charge in [-0.15, -0.1) is 0 Å². The number of thioether (sulfide) groups is 1. The van der Waals surface area contributed by atoms with E-state index in [1.165, 1.54) is 50.0 Å². The van der Waals surface area contributed by atoms with Crippen LogP contribution < -0.4 is 10.6 Å². The third-order valence-corrected chi connectivity index (χ3v) is 4.53. The van der Waals surface area contributed by atoms with Crippen molar-refractivity contribution in [1.82, 2.24) is 10.6 Å². The highest BCUT2D eigenvalue weighted by atomic mass is 32.2. The monoisotopic (exact) mass is 244 g/mol. The summed E-state index contributed by atoms with van der Waals surface area (Å²) < 4.78 is 0. The van der Waals surface area contributed by atoms with Crippen LogP contribution in [-0.4, -0.2) is 28.7 Å². The lowest BCUT2D eigenvalue weighted by molar-refractivity contribution is 0.545. The van der Waals surface area contributed by atoms with Crippen LogP contribution in [0.2, 0.25) is 0 Å². The molecule has 0 bridgehead atoms. The highest BCUT2D eigenvalue weighted by Gasteiger charge is 2.18. The van der Waals surface area contributed by atoms with Gasteiger partial charge in [-0.25, -0.2) is 0 Å². The van der Waals surface area contributed by atoms with Gasteiger partial charge in [0.15, 0.2) is 5.11 Å². The molecule has 1 aliphatic carbocycles. The van der Waals surface area contributed by atoms with Gasteiger partial charge in [0.25, 0.3) is 0 Å². The van der Waals surface area contributed by atoms with Crippen LogP contribution in [0.4, 0.5) is 0 Å². The Balaban J connectivity index is 1.66. The summed E-state index contributed by atoms with van der Waals surface area (Å²) in [5.41, 5.74) is 0. The number of thiocarbonyl (C=S) groups is 1. The van der Waals surface area contributed by atoms with Crippen molar-refractivity contribution < 1.29 is 0 Å². The van der Waals surface area contributed by atoms with Crippen molar-refractivity contribution in [1.29, 1.82) is 0 Å². The molecule has 1 aliphatic heterocycles. The van der Waals surface area contributed by atoms with Crippen molar-refractivity contribution in [3.63, 3.8) is 0 Å². The van der Waals surface area contributed by atoms with E-state index in [1.807, 2.05) is 0 Å². The number of nitrogens with one attached hydrogen (secondary N) is 2. The lowest BCUT2D eigenvalue weighted by atomic mass is 10.1. The minimum atomic E-state index is 0.618. The minimum Gasteiger partial charge on any atom is -0.360 e. The molecular formula is C11H20N2S2. The van der Waals surface area contributed by atoms with Crippen molar-refractivity contribution in [2.24, 2.45) is 0 Å². The molecule has 15 heavy (non-hydrogen) atoms. The summed E-state index contributed by atoms with van der Waals surface area (Å²) in [6.07, 6.45) is 7.83. The first kappa shape index (κ1) is 11.5. The topological polar surface area (TPSA) is 24.1 Å². The maximum atomic E-state index is 5.34. The highest BCUT2D eigenvalue weighted by molar-refractivity contribution is 7.99. The standard InChI is InChI=1S/C11H20N2S2/c14-11(12-9-3-1-2-4-9)13-10-5-7-15-8-6-10/h9-10H,1-8H2,(H2,12,13,14). The summed E-state index contributed by atoms with van der Waals surface area (Å²) in [6, 6.07) is 1.26. The first-order chi connectivity index (χ1) is 7.34. The second-order valence-corrected chi connectivity index (χ2v) is 6.12. The summed E-state index contributed by atoms with van der Waals surface area (Å²) in [4.78, 5) is 0. The van der Waals surface area contributed by atoms with Gasteiger partial charge in [-0.05, 0) is 49.4 Å². The van der Waals surface area contributed by atoms with Gasteiger partial charge in [0.1, 0.15) is 0 Å². The summed E-state index contributed by atoms with van der Waals surface area (Å²) in [6.45, 7) is 0. The Morgan fingerprint density at radius 2 is 1.47 bits per heavy atom. The molecule has 0 aromatic carbocycles. The zero-order valence-electron chi connectivity index (χ0n) is 9.13. The SMILES string of the molecule is S=C(NC1CCCC1)NC1CCSCC1. The molecule has 0 spiro atoms. The Labute approximate surface area is 102 Å². The van der Waals surface area contributed by atoms with Gasteiger partial charge in [0.05, 0.1) is 0 Å². The van der Waals surface area contributed by atoms with Gasteiger partial charge in [-0.1, -0.05) is 12.8 Å². The van der Waals surface area contributed by atoms with E-state index in [-0.39, 0.29) is 0 Å². The summed E-state index contributed by atoms with van der Waals surface area (Å²) in [5.74, 6) is 2.56. The average molecular weight is 244 g/mol. The molecule has 0 amide bonds. The smallest absolute Gasteiger partial charge is 0.166 e. The van der Waals surface area contributed by atoms with E-state index in [0.29, 0.717) is 12.1 Å². The molecule has 2 N–H and O–H groups in total. The molecule has 0 radical (unpaired) electrons. The normalized spacial score (nSPS) is 24.0. The van der Waals surface area contributed by atoms with Crippen LogP contribution in [0.5, 0.6) is 0 Å². The van der Waals surface area contributed by atoms with Gasteiger partial charge in [-0.2, -0.15) is 11.8 Å². The molecule has 0 unspecified atom stereocenters. The Hall–Kier alpha value is 0.0400. The fraction of sp³-hybridized carbons (Fsp3) is 0.909. The molecular weight excluding hydrogens is 224 g/mol. The molecule has 86 valence electrons. The first-order valence-electron chi connectivity index (χ1n) is 5.99. The maximum Gasteiger partial charge on any atom is 0.166 e. The van der Waals surface area contributed by atoms with Gasteiger partial charge in [-0.3, -0.25) is 0 Å². The molecule has 2 fully saturated rings. The van der Waals surface area contributed by atoms with E-state index in [2.05, 4.69) is 22.4 Å². The largest absolute Gasteiger partial charge is 0.360 e. The third kappa shape index (κ3) is 3.83. The fourth-order valence-electron chi connectivity index (χ4n) is 2.32. The molecule has 0 aromatic rings. The van der Waals surface area contributed by atoms with E-state index in [1.54, 1.807) is 0 Å². The first-order valence-corrected chi connectivity index (χ1v) is 7.55. The molecule has 4 heteroatoms. The van der Waals surface area contributed by atoms with Crippen LogP contribution in [0.25, 0.3) is 0 Å². The van der Waals surface area contributed by atoms with Gasteiger partial charge >= 0.3 is 0 Å². The Bertz CT molecular complexity index is 209.